The van der Waals surface area contributed by atoms with Gasteiger partial charge in [0, 0.05) is 13.1 Å². The van der Waals surface area contributed by atoms with Crippen LogP contribution in [0.4, 0.5) is 13.2 Å². The highest BCUT2D eigenvalue weighted by Gasteiger charge is 2.32. The maximum atomic E-state index is 12.1. The topological polar surface area (TPSA) is 24.5 Å². The maximum absolute atomic E-state index is 12.1. The molecule has 0 aliphatic carbocycles. The molecule has 1 rings (SSSR count). The van der Waals surface area contributed by atoms with Crippen molar-refractivity contribution in [2.24, 2.45) is 0 Å². The molecule has 1 heterocycles. The van der Waals surface area contributed by atoms with Crippen molar-refractivity contribution in [3.63, 3.8) is 0 Å². The van der Waals surface area contributed by atoms with E-state index >= 15 is 0 Å². The van der Waals surface area contributed by atoms with Gasteiger partial charge in [-0.3, -0.25) is 4.90 Å². The molecule has 2 atom stereocenters. The molecule has 1 fully saturated rings. The number of halogens is 3. The van der Waals surface area contributed by atoms with Gasteiger partial charge in [0.05, 0.1) is 18.8 Å². The minimum atomic E-state index is -4.13. The Morgan fingerprint density at radius 2 is 1.94 bits per heavy atom. The maximum Gasteiger partial charge on any atom is 0.401 e. The van der Waals surface area contributed by atoms with E-state index in [0.717, 1.165) is 25.9 Å². The molecule has 3 nitrogen and oxygen atoms in total. The zero-order valence-electron chi connectivity index (χ0n) is 10.4. The van der Waals surface area contributed by atoms with Crippen LogP contribution in [0.1, 0.15) is 19.8 Å². The third-order valence-corrected chi connectivity index (χ3v) is 2.78. The average Bonchev–Trinajstić information content (AvgIpc) is 2.59. The van der Waals surface area contributed by atoms with Crippen LogP contribution < -0.4 is 5.32 Å². The minimum absolute atomic E-state index is 0.0639. The lowest BCUT2D eigenvalue weighted by molar-refractivity contribution is -0.146. The van der Waals surface area contributed by atoms with E-state index in [-0.39, 0.29) is 12.2 Å². The van der Waals surface area contributed by atoms with Gasteiger partial charge >= 0.3 is 6.18 Å². The van der Waals surface area contributed by atoms with E-state index in [1.54, 1.807) is 0 Å². The fourth-order valence-corrected chi connectivity index (χ4v) is 2.09. The molecule has 17 heavy (non-hydrogen) atoms. The van der Waals surface area contributed by atoms with E-state index in [9.17, 15) is 13.2 Å². The highest BCUT2D eigenvalue weighted by atomic mass is 19.4. The van der Waals surface area contributed by atoms with Crippen molar-refractivity contribution in [2.45, 2.75) is 38.1 Å². The molecule has 1 N–H and O–H groups in total. The van der Waals surface area contributed by atoms with Gasteiger partial charge in [0.2, 0.25) is 0 Å². The lowest BCUT2D eigenvalue weighted by Gasteiger charge is -2.22. The molecular formula is C11H21F3N2O. The Hall–Kier alpha value is -0.330. The SMILES string of the molecule is CCNCC1CCC(CN(C)CC(F)(F)F)O1. The van der Waals surface area contributed by atoms with Crippen LogP contribution in [0.2, 0.25) is 0 Å². The van der Waals surface area contributed by atoms with E-state index < -0.39 is 12.7 Å². The Morgan fingerprint density at radius 1 is 1.29 bits per heavy atom. The molecule has 1 saturated heterocycles. The number of nitrogens with zero attached hydrogens (tertiary/aromatic N) is 1. The number of ether oxygens (including phenoxy) is 1. The summed E-state index contributed by atoms with van der Waals surface area (Å²) >= 11 is 0. The Labute approximate surface area is 100 Å². The van der Waals surface area contributed by atoms with Gasteiger partial charge in [-0.1, -0.05) is 6.92 Å². The van der Waals surface area contributed by atoms with E-state index in [0.29, 0.717) is 6.54 Å². The first-order valence-corrected chi connectivity index (χ1v) is 6.02. The normalized spacial score (nSPS) is 25.8. The van der Waals surface area contributed by atoms with E-state index in [1.165, 1.54) is 11.9 Å². The Balaban J connectivity index is 2.20. The van der Waals surface area contributed by atoms with Gasteiger partial charge in [0.15, 0.2) is 0 Å². The van der Waals surface area contributed by atoms with Crippen molar-refractivity contribution < 1.29 is 17.9 Å². The lowest BCUT2D eigenvalue weighted by Crippen LogP contribution is -2.37. The third kappa shape index (κ3) is 6.24. The van der Waals surface area contributed by atoms with Crippen LogP contribution in [0.3, 0.4) is 0 Å². The zero-order chi connectivity index (χ0) is 12.9. The molecule has 0 aromatic rings. The molecule has 0 aromatic carbocycles. The van der Waals surface area contributed by atoms with Crippen LogP contribution in [0, 0.1) is 0 Å². The predicted molar refractivity (Wildman–Crippen MR) is 60.0 cm³/mol. The van der Waals surface area contributed by atoms with E-state index in [2.05, 4.69) is 5.32 Å². The van der Waals surface area contributed by atoms with Crippen LogP contribution in [0.25, 0.3) is 0 Å². The van der Waals surface area contributed by atoms with Gasteiger partial charge in [-0.15, -0.1) is 0 Å². The first-order chi connectivity index (χ1) is 7.90. The first-order valence-electron chi connectivity index (χ1n) is 6.02. The quantitative estimate of drug-likeness (QED) is 0.780. The highest BCUT2D eigenvalue weighted by molar-refractivity contribution is 4.77. The molecule has 0 amide bonds. The number of hydrogen-bond acceptors (Lipinski definition) is 3. The molecule has 2 unspecified atom stereocenters. The summed E-state index contributed by atoms with van der Waals surface area (Å²) < 4.78 is 42.1. The summed E-state index contributed by atoms with van der Waals surface area (Å²) in [5.74, 6) is 0. The van der Waals surface area contributed by atoms with Crippen molar-refractivity contribution in [1.82, 2.24) is 10.2 Å². The summed E-state index contributed by atoms with van der Waals surface area (Å²) in [7, 11) is 1.48. The summed E-state index contributed by atoms with van der Waals surface area (Å²) in [5, 5.41) is 3.18. The van der Waals surface area contributed by atoms with Gasteiger partial charge < -0.3 is 10.1 Å². The molecule has 1 aliphatic rings. The van der Waals surface area contributed by atoms with Crippen LogP contribution in [0.5, 0.6) is 0 Å². The first kappa shape index (κ1) is 14.7. The van der Waals surface area contributed by atoms with Crippen LogP contribution in [0.15, 0.2) is 0 Å². The summed E-state index contributed by atoms with van der Waals surface area (Å²) in [6.45, 7) is 3.17. The predicted octanol–water partition coefficient (Wildman–Crippen LogP) is 1.64. The molecular weight excluding hydrogens is 233 g/mol. The number of rotatable bonds is 6. The number of likely N-dealkylation sites (N-methyl/N-ethyl adjacent to an activating group) is 2. The van der Waals surface area contributed by atoms with Gasteiger partial charge in [0.1, 0.15) is 0 Å². The fraction of sp³-hybridized carbons (Fsp3) is 1.00. The minimum Gasteiger partial charge on any atom is -0.372 e. The Kier molecular flexibility index (Phi) is 5.69. The van der Waals surface area contributed by atoms with Crippen LogP contribution in [-0.2, 0) is 4.74 Å². The van der Waals surface area contributed by atoms with Gasteiger partial charge in [-0.25, -0.2) is 0 Å². The molecule has 0 saturated carbocycles. The second kappa shape index (κ2) is 6.56. The van der Waals surface area contributed by atoms with Crippen molar-refractivity contribution in [2.75, 3.05) is 33.2 Å². The molecule has 1 aliphatic heterocycles. The number of alkyl halides is 3. The second-order valence-corrected chi connectivity index (χ2v) is 4.58. The average molecular weight is 254 g/mol. The highest BCUT2D eigenvalue weighted by Crippen LogP contribution is 2.21. The molecule has 0 spiro atoms. The largest absolute Gasteiger partial charge is 0.401 e. The second-order valence-electron chi connectivity index (χ2n) is 4.58. The Morgan fingerprint density at radius 3 is 2.53 bits per heavy atom. The summed E-state index contributed by atoms with van der Waals surface area (Å²) in [5.41, 5.74) is 0. The molecule has 0 radical (unpaired) electrons. The standard InChI is InChI=1S/C11H21F3N2O/c1-3-15-6-9-4-5-10(17-9)7-16(2)8-11(12,13)14/h9-10,15H,3-8H2,1-2H3. The van der Waals surface area contributed by atoms with Gasteiger partial charge in [0.25, 0.3) is 0 Å². The van der Waals surface area contributed by atoms with Crippen LogP contribution >= 0.6 is 0 Å². The molecule has 102 valence electrons. The van der Waals surface area contributed by atoms with Crippen molar-refractivity contribution in [3.05, 3.63) is 0 Å². The summed E-state index contributed by atoms with van der Waals surface area (Å²) in [6.07, 6.45) is -2.27. The van der Waals surface area contributed by atoms with Crippen LogP contribution in [-0.4, -0.2) is 56.5 Å². The van der Waals surface area contributed by atoms with E-state index in [1.807, 2.05) is 6.92 Å². The van der Waals surface area contributed by atoms with Crippen molar-refractivity contribution >= 4 is 0 Å². The smallest absolute Gasteiger partial charge is 0.372 e. The number of nitrogens with one attached hydrogen (secondary N) is 1. The van der Waals surface area contributed by atoms with Gasteiger partial charge in [-0.2, -0.15) is 13.2 Å². The van der Waals surface area contributed by atoms with Crippen molar-refractivity contribution in [1.29, 1.82) is 0 Å². The zero-order valence-corrected chi connectivity index (χ0v) is 10.4. The number of hydrogen-bond donors (Lipinski definition) is 1. The van der Waals surface area contributed by atoms with Crippen molar-refractivity contribution in [3.8, 4) is 0 Å². The third-order valence-electron chi connectivity index (χ3n) is 2.78. The van der Waals surface area contributed by atoms with E-state index in [4.69, 9.17) is 4.74 Å². The molecule has 0 bridgehead atoms. The molecule has 0 aromatic heterocycles. The fourth-order valence-electron chi connectivity index (χ4n) is 2.09. The Bertz CT molecular complexity index is 223. The monoisotopic (exact) mass is 254 g/mol. The molecule has 6 heteroatoms. The summed E-state index contributed by atoms with van der Waals surface area (Å²) in [6, 6.07) is 0. The van der Waals surface area contributed by atoms with Gasteiger partial charge in [-0.05, 0) is 26.4 Å². The summed E-state index contributed by atoms with van der Waals surface area (Å²) in [4.78, 5) is 1.28. The lowest BCUT2D eigenvalue weighted by atomic mass is 10.2.